The van der Waals surface area contributed by atoms with Crippen LogP contribution in [0.25, 0.3) is 0 Å². The van der Waals surface area contributed by atoms with Crippen molar-refractivity contribution in [1.29, 1.82) is 0 Å². The summed E-state index contributed by atoms with van der Waals surface area (Å²) in [5, 5.41) is 2.22. The Morgan fingerprint density at radius 1 is 1.24 bits per heavy atom. The van der Waals surface area contributed by atoms with Gasteiger partial charge in [-0.05, 0) is 62.9 Å². The van der Waals surface area contributed by atoms with Crippen molar-refractivity contribution in [1.82, 2.24) is 15.1 Å². The van der Waals surface area contributed by atoms with Crippen molar-refractivity contribution >= 4 is 21.8 Å². The van der Waals surface area contributed by atoms with E-state index in [9.17, 15) is 22.4 Å². The lowest BCUT2D eigenvalue weighted by Gasteiger charge is -2.20. The standard InChI is InChI=1S/C23H34FN3O5S/c1-17(16-33(30,31)12-5-3-4-11-27-14-22(28)25-23(27)29)18-8-9-20(24)21(13-18)32-15-19-7-6-10-26(19)2/h8-9,13,17,19H,3-7,10-12,14-16H2,1-2H3,(H,25,28,29)/t17-,19?/m0/s1. The lowest BCUT2D eigenvalue weighted by Crippen LogP contribution is -2.30. The molecule has 1 unspecified atom stereocenters. The number of unbranched alkanes of at least 4 members (excludes halogenated alkanes) is 2. The third kappa shape index (κ3) is 7.40. The first-order valence-electron chi connectivity index (χ1n) is 11.6. The molecule has 0 aromatic heterocycles. The number of likely N-dealkylation sites (N-methyl/N-ethyl adjacent to an activating group) is 1. The number of benzene rings is 1. The predicted molar refractivity (Wildman–Crippen MR) is 124 cm³/mol. The van der Waals surface area contributed by atoms with Gasteiger partial charge in [-0.15, -0.1) is 0 Å². The number of sulfone groups is 1. The van der Waals surface area contributed by atoms with Crippen LogP contribution < -0.4 is 10.1 Å². The van der Waals surface area contributed by atoms with Crippen LogP contribution in [0.15, 0.2) is 18.2 Å². The van der Waals surface area contributed by atoms with Crippen LogP contribution in [0.2, 0.25) is 0 Å². The molecule has 3 rings (SSSR count). The number of rotatable bonds is 12. The molecule has 184 valence electrons. The molecule has 10 heteroatoms. The van der Waals surface area contributed by atoms with Gasteiger partial charge in [0.15, 0.2) is 21.4 Å². The third-order valence-corrected chi connectivity index (χ3v) is 8.30. The van der Waals surface area contributed by atoms with Gasteiger partial charge in [-0.1, -0.05) is 19.4 Å². The van der Waals surface area contributed by atoms with Gasteiger partial charge in [0.2, 0.25) is 5.91 Å². The molecule has 0 aliphatic carbocycles. The van der Waals surface area contributed by atoms with Gasteiger partial charge in [-0.25, -0.2) is 17.6 Å². The van der Waals surface area contributed by atoms with E-state index in [-0.39, 0.29) is 47.7 Å². The van der Waals surface area contributed by atoms with Crippen molar-refractivity contribution < 1.29 is 27.1 Å². The Balaban J connectivity index is 1.44. The van der Waals surface area contributed by atoms with Gasteiger partial charge in [0.05, 0.1) is 11.5 Å². The fraction of sp³-hybridized carbons (Fsp3) is 0.652. The Bertz CT molecular complexity index is 955. The number of halogens is 1. The maximum Gasteiger partial charge on any atom is 0.324 e. The topological polar surface area (TPSA) is 96.0 Å². The minimum absolute atomic E-state index is 0.0214. The molecule has 2 saturated heterocycles. The van der Waals surface area contributed by atoms with Crippen LogP contribution >= 0.6 is 0 Å². The molecule has 2 aliphatic rings. The van der Waals surface area contributed by atoms with E-state index < -0.39 is 15.7 Å². The van der Waals surface area contributed by atoms with E-state index in [0.29, 0.717) is 32.4 Å². The van der Waals surface area contributed by atoms with Gasteiger partial charge >= 0.3 is 6.03 Å². The van der Waals surface area contributed by atoms with E-state index in [4.69, 9.17) is 4.74 Å². The summed E-state index contributed by atoms with van der Waals surface area (Å²) in [6.07, 6.45) is 3.91. The molecular formula is C23H34FN3O5S. The normalized spacial score (nSPS) is 20.3. The van der Waals surface area contributed by atoms with E-state index in [1.165, 1.54) is 11.0 Å². The van der Waals surface area contributed by atoms with E-state index in [1.807, 2.05) is 14.0 Å². The Morgan fingerprint density at radius 2 is 2.03 bits per heavy atom. The largest absolute Gasteiger partial charge is 0.489 e. The van der Waals surface area contributed by atoms with Crippen LogP contribution in [-0.4, -0.2) is 81.0 Å². The first-order valence-corrected chi connectivity index (χ1v) is 13.4. The minimum atomic E-state index is -3.29. The maximum absolute atomic E-state index is 14.2. The molecular weight excluding hydrogens is 449 g/mol. The number of nitrogens with zero attached hydrogens (tertiary/aromatic N) is 2. The second-order valence-electron chi connectivity index (χ2n) is 9.13. The van der Waals surface area contributed by atoms with Crippen molar-refractivity contribution in [2.24, 2.45) is 0 Å². The highest BCUT2D eigenvalue weighted by atomic mass is 32.2. The van der Waals surface area contributed by atoms with E-state index in [0.717, 1.165) is 24.9 Å². The molecule has 2 aliphatic heterocycles. The number of amides is 3. The quantitative estimate of drug-likeness (QED) is 0.363. The predicted octanol–water partition coefficient (Wildman–Crippen LogP) is 2.54. The highest BCUT2D eigenvalue weighted by molar-refractivity contribution is 7.91. The van der Waals surface area contributed by atoms with Gasteiger partial charge in [0.25, 0.3) is 0 Å². The van der Waals surface area contributed by atoms with Crippen molar-refractivity contribution in [3.8, 4) is 5.75 Å². The number of carbonyl (C=O) groups excluding carboxylic acids is 2. The molecule has 0 saturated carbocycles. The van der Waals surface area contributed by atoms with Crippen molar-refractivity contribution in [2.75, 3.05) is 44.8 Å². The van der Waals surface area contributed by atoms with Gasteiger partial charge in [-0.2, -0.15) is 0 Å². The van der Waals surface area contributed by atoms with Crippen molar-refractivity contribution in [3.63, 3.8) is 0 Å². The molecule has 0 radical (unpaired) electrons. The highest BCUT2D eigenvalue weighted by Gasteiger charge is 2.26. The summed E-state index contributed by atoms with van der Waals surface area (Å²) in [4.78, 5) is 26.3. The first kappa shape index (κ1) is 25.4. The van der Waals surface area contributed by atoms with Crippen molar-refractivity contribution in [3.05, 3.63) is 29.6 Å². The van der Waals surface area contributed by atoms with Crippen LogP contribution in [0.1, 0.15) is 50.5 Å². The summed E-state index contributed by atoms with van der Waals surface area (Å²) in [7, 11) is -1.26. The third-order valence-electron chi connectivity index (χ3n) is 6.38. The second-order valence-corrected chi connectivity index (χ2v) is 11.4. The minimum Gasteiger partial charge on any atom is -0.489 e. The highest BCUT2D eigenvalue weighted by Crippen LogP contribution is 2.26. The fourth-order valence-corrected chi connectivity index (χ4v) is 6.10. The van der Waals surface area contributed by atoms with E-state index in [2.05, 4.69) is 10.2 Å². The SMILES string of the molecule is C[C@@H](CS(=O)(=O)CCCCCN1CC(=O)NC1=O)c1ccc(F)c(OCC2CCCN2C)c1. The fourth-order valence-electron chi connectivity index (χ4n) is 4.34. The zero-order valence-corrected chi connectivity index (χ0v) is 20.2. The zero-order valence-electron chi connectivity index (χ0n) is 19.4. The summed E-state index contributed by atoms with van der Waals surface area (Å²) in [6.45, 7) is 3.75. The number of urea groups is 1. The van der Waals surface area contributed by atoms with Crippen LogP contribution in [0.5, 0.6) is 5.75 Å². The van der Waals surface area contributed by atoms with Gasteiger partial charge in [0.1, 0.15) is 13.2 Å². The Hall–Kier alpha value is -2.20. The van der Waals surface area contributed by atoms with E-state index >= 15 is 0 Å². The molecule has 1 N–H and O–H groups in total. The van der Waals surface area contributed by atoms with Gasteiger partial charge in [-0.3, -0.25) is 10.1 Å². The summed E-state index contributed by atoms with van der Waals surface area (Å²) in [6, 6.07) is 4.45. The lowest BCUT2D eigenvalue weighted by molar-refractivity contribution is -0.118. The van der Waals surface area contributed by atoms with E-state index in [1.54, 1.807) is 12.1 Å². The molecule has 1 aromatic rings. The zero-order chi connectivity index (χ0) is 24.0. The first-order chi connectivity index (χ1) is 15.6. The summed E-state index contributed by atoms with van der Waals surface area (Å²) < 4.78 is 45.1. The number of hydrogen-bond acceptors (Lipinski definition) is 6. The average molecular weight is 484 g/mol. The van der Waals surface area contributed by atoms with Gasteiger partial charge in [0, 0.05) is 12.6 Å². The summed E-state index contributed by atoms with van der Waals surface area (Å²) >= 11 is 0. The maximum atomic E-state index is 14.2. The van der Waals surface area contributed by atoms with Gasteiger partial charge < -0.3 is 14.5 Å². The average Bonchev–Trinajstić information content (AvgIpc) is 3.30. The van der Waals surface area contributed by atoms with Crippen LogP contribution in [0, 0.1) is 5.82 Å². The lowest BCUT2D eigenvalue weighted by atomic mass is 10.0. The summed E-state index contributed by atoms with van der Waals surface area (Å²) in [5.74, 6) is -0.833. The monoisotopic (exact) mass is 483 g/mol. The molecule has 1 aromatic carbocycles. The smallest absolute Gasteiger partial charge is 0.324 e. The molecule has 2 fully saturated rings. The molecule has 2 heterocycles. The Labute approximate surface area is 195 Å². The number of carbonyl (C=O) groups is 2. The number of ether oxygens (including phenoxy) is 1. The molecule has 33 heavy (non-hydrogen) atoms. The molecule has 0 spiro atoms. The van der Waals surface area contributed by atoms with Crippen LogP contribution in [-0.2, 0) is 14.6 Å². The Kier molecular flexibility index (Phi) is 8.69. The number of hydrogen-bond donors (Lipinski definition) is 1. The molecule has 8 nitrogen and oxygen atoms in total. The number of nitrogens with one attached hydrogen (secondary N) is 1. The van der Waals surface area contributed by atoms with Crippen LogP contribution in [0.3, 0.4) is 0 Å². The Morgan fingerprint density at radius 3 is 2.70 bits per heavy atom. The number of imide groups is 1. The second kappa shape index (κ2) is 11.3. The molecule has 3 amide bonds. The molecule has 2 atom stereocenters. The van der Waals surface area contributed by atoms with Crippen LogP contribution in [0.4, 0.5) is 9.18 Å². The van der Waals surface area contributed by atoms with Crippen molar-refractivity contribution in [2.45, 2.75) is 51.0 Å². The molecule has 0 bridgehead atoms. The summed E-state index contributed by atoms with van der Waals surface area (Å²) in [5.41, 5.74) is 0.736. The number of likely N-dealkylation sites (tertiary alicyclic amines) is 1.